The molecular formula is C34H44. The summed E-state index contributed by atoms with van der Waals surface area (Å²) < 4.78 is 0. The molecule has 0 unspecified atom stereocenters. The number of hydrogen-bond donors (Lipinski definition) is 0. The number of terminal acetylenes is 1. The molecule has 0 nitrogen and oxygen atoms in total. The van der Waals surface area contributed by atoms with Gasteiger partial charge in [0, 0.05) is 16.5 Å². The Hall–Kier alpha value is -2.44. The van der Waals surface area contributed by atoms with Crippen molar-refractivity contribution < 1.29 is 0 Å². The fraction of sp³-hybridized carbons (Fsp3) is 0.529. The molecule has 0 bridgehead atoms. The number of benzene rings is 2. The van der Waals surface area contributed by atoms with Gasteiger partial charge in [-0.25, -0.2) is 0 Å². The average Bonchev–Trinajstić information content (AvgIpc) is 3.12. The molecule has 0 N–H and O–H groups in total. The van der Waals surface area contributed by atoms with Crippen molar-refractivity contribution in [3.8, 4) is 35.3 Å². The largest absolute Gasteiger partial charge is 0.115 e. The van der Waals surface area contributed by atoms with Crippen molar-refractivity contribution in [3.63, 3.8) is 0 Å². The van der Waals surface area contributed by atoms with E-state index in [9.17, 15) is 0 Å². The molecule has 1 aliphatic carbocycles. The normalized spacial score (nSPS) is 13.0. The standard InChI is InChI=1S/C34H44/c1-5-9-11-13-15-17-24-34(25-18-16-14-12-10-6-2)32-26-28(8-4)20-22-30(32)31-23-21-29(19-7-3)27-33(31)34/h4,20-23,26-27H,5-6,9-18,24-25H2,1-3H3. The van der Waals surface area contributed by atoms with Gasteiger partial charge in [0.15, 0.2) is 0 Å². The van der Waals surface area contributed by atoms with Crippen molar-refractivity contribution in [1.29, 1.82) is 0 Å². The highest BCUT2D eigenvalue weighted by atomic mass is 14.4. The van der Waals surface area contributed by atoms with E-state index in [1.807, 2.05) is 6.92 Å². The Balaban J connectivity index is 1.95. The molecule has 3 rings (SSSR count). The van der Waals surface area contributed by atoms with Crippen LogP contribution in [0.2, 0.25) is 0 Å². The molecule has 0 fully saturated rings. The minimum absolute atomic E-state index is 0.0679. The van der Waals surface area contributed by atoms with E-state index in [1.165, 1.54) is 112 Å². The van der Waals surface area contributed by atoms with Crippen molar-refractivity contribution in [2.75, 3.05) is 0 Å². The van der Waals surface area contributed by atoms with Crippen LogP contribution in [0, 0.1) is 24.2 Å². The number of hydrogen-bond acceptors (Lipinski definition) is 0. The topological polar surface area (TPSA) is 0 Å². The molecule has 0 radical (unpaired) electrons. The van der Waals surface area contributed by atoms with Crippen molar-refractivity contribution in [2.24, 2.45) is 0 Å². The Bertz CT molecular complexity index is 1000. The summed E-state index contributed by atoms with van der Waals surface area (Å²) in [5.41, 5.74) is 7.98. The highest BCUT2D eigenvalue weighted by molar-refractivity contribution is 5.82. The lowest BCUT2D eigenvalue weighted by Gasteiger charge is -2.33. The lowest BCUT2D eigenvalue weighted by atomic mass is 9.70. The Labute approximate surface area is 210 Å². The molecule has 34 heavy (non-hydrogen) atoms. The predicted molar refractivity (Wildman–Crippen MR) is 149 cm³/mol. The molecule has 1 aliphatic rings. The summed E-state index contributed by atoms with van der Waals surface area (Å²) in [7, 11) is 0. The first-order valence-electron chi connectivity index (χ1n) is 13.9. The summed E-state index contributed by atoms with van der Waals surface area (Å²) in [4.78, 5) is 0. The van der Waals surface area contributed by atoms with E-state index >= 15 is 0 Å². The summed E-state index contributed by atoms with van der Waals surface area (Å²) >= 11 is 0. The second-order valence-corrected chi connectivity index (χ2v) is 10.2. The fourth-order valence-electron chi connectivity index (χ4n) is 5.88. The monoisotopic (exact) mass is 452 g/mol. The molecule has 0 aliphatic heterocycles. The fourth-order valence-corrected chi connectivity index (χ4v) is 5.88. The number of fused-ring (bicyclic) bond motifs is 3. The summed E-state index contributed by atoms with van der Waals surface area (Å²) in [6.45, 7) is 6.52. The highest BCUT2D eigenvalue weighted by Crippen LogP contribution is 2.54. The van der Waals surface area contributed by atoms with E-state index in [2.05, 4.69) is 68.0 Å². The maximum absolute atomic E-state index is 5.87. The van der Waals surface area contributed by atoms with Gasteiger partial charge >= 0.3 is 0 Å². The molecular weight excluding hydrogens is 408 g/mol. The Morgan fingerprint density at radius 3 is 1.62 bits per heavy atom. The Kier molecular flexibility index (Phi) is 10.4. The van der Waals surface area contributed by atoms with Crippen molar-refractivity contribution in [1.82, 2.24) is 0 Å². The zero-order chi connectivity index (χ0) is 24.2. The maximum Gasteiger partial charge on any atom is 0.0248 e. The maximum atomic E-state index is 5.87. The van der Waals surface area contributed by atoms with Gasteiger partial charge in [-0.05, 0) is 66.3 Å². The summed E-state index contributed by atoms with van der Waals surface area (Å²) in [5, 5.41) is 0. The van der Waals surface area contributed by atoms with Crippen LogP contribution in [0.5, 0.6) is 0 Å². The summed E-state index contributed by atoms with van der Waals surface area (Å²) in [5.74, 6) is 9.34. The van der Waals surface area contributed by atoms with Crippen LogP contribution in [0.25, 0.3) is 11.1 Å². The van der Waals surface area contributed by atoms with Crippen molar-refractivity contribution in [3.05, 3.63) is 58.7 Å². The third-order valence-electron chi connectivity index (χ3n) is 7.71. The van der Waals surface area contributed by atoms with Crippen LogP contribution in [0.1, 0.15) is 133 Å². The first kappa shape index (κ1) is 26.2. The van der Waals surface area contributed by atoms with Gasteiger partial charge in [0.05, 0.1) is 0 Å². The predicted octanol–water partition coefficient (Wildman–Crippen LogP) is 9.81. The second-order valence-electron chi connectivity index (χ2n) is 10.2. The van der Waals surface area contributed by atoms with Crippen LogP contribution in [-0.4, -0.2) is 0 Å². The number of unbranched alkanes of at least 4 members (excludes halogenated alkanes) is 10. The first-order chi connectivity index (χ1) is 16.7. The third-order valence-corrected chi connectivity index (χ3v) is 7.71. The SMILES string of the molecule is C#Cc1ccc2c(c1)C(CCCCCCCC)(CCCCCCCC)c1cc(C#CC)ccc1-2. The van der Waals surface area contributed by atoms with Crippen LogP contribution < -0.4 is 0 Å². The third kappa shape index (κ3) is 6.16. The lowest BCUT2D eigenvalue weighted by Crippen LogP contribution is -2.26. The second kappa shape index (κ2) is 13.4. The van der Waals surface area contributed by atoms with Crippen molar-refractivity contribution >= 4 is 0 Å². The molecule has 0 atom stereocenters. The van der Waals surface area contributed by atoms with Crippen molar-refractivity contribution in [2.45, 2.75) is 116 Å². The molecule has 0 aromatic heterocycles. The van der Waals surface area contributed by atoms with Gasteiger partial charge in [0.25, 0.3) is 0 Å². The number of rotatable bonds is 14. The quantitative estimate of drug-likeness (QED) is 0.198. The van der Waals surface area contributed by atoms with Gasteiger partial charge in [-0.2, -0.15) is 0 Å². The van der Waals surface area contributed by atoms with Gasteiger partial charge in [0.2, 0.25) is 0 Å². The molecule has 0 spiro atoms. The van der Waals surface area contributed by atoms with E-state index < -0.39 is 0 Å². The van der Waals surface area contributed by atoms with E-state index in [0.29, 0.717) is 0 Å². The molecule has 0 amide bonds. The van der Waals surface area contributed by atoms with E-state index in [0.717, 1.165) is 11.1 Å². The molecule has 0 saturated heterocycles. The zero-order valence-electron chi connectivity index (χ0n) is 21.9. The summed E-state index contributed by atoms with van der Waals surface area (Å²) in [6, 6.07) is 13.6. The zero-order valence-corrected chi connectivity index (χ0v) is 21.9. The van der Waals surface area contributed by atoms with E-state index in [4.69, 9.17) is 6.42 Å². The highest BCUT2D eigenvalue weighted by Gasteiger charge is 2.42. The van der Waals surface area contributed by atoms with E-state index in [1.54, 1.807) is 0 Å². The molecule has 2 aromatic rings. The lowest BCUT2D eigenvalue weighted by molar-refractivity contribution is 0.397. The summed E-state index contributed by atoms with van der Waals surface area (Å²) in [6.07, 6.45) is 24.3. The van der Waals surface area contributed by atoms with Crippen LogP contribution in [-0.2, 0) is 5.41 Å². The first-order valence-corrected chi connectivity index (χ1v) is 13.9. The van der Waals surface area contributed by atoms with Gasteiger partial charge < -0.3 is 0 Å². The average molecular weight is 453 g/mol. The van der Waals surface area contributed by atoms with Crippen LogP contribution in [0.4, 0.5) is 0 Å². The molecule has 2 aromatic carbocycles. The van der Waals surface area contributed by atoms with Crippen LogP contribution in [0.3, 0.4) is 0 Å². The van der Waals surface area contributed by atoms with Gasteiger partial charge in [0.1, 0.15) is 0 Å². The molecule has 0 heteroatoms. The van der Waals surface area contributed by atoms with Gasteiger partial charge in [-0.1, -0.05) is 115 Å². The van der Waals surface area contributed by atoms with Gasteiger partial charge in [-0.15, -0.1) is 12.3 Å². The Morgan fingerprint density at radius 2 is 1.12 bits per heavy atom. The van der Waals surface area contributed by atoms with Crippen LogP contribution in [0.15, 0.2) is 36.4 Å². The molecule has 180 valence electrons. The molecule has 0 saturated carbocycles. The smallest absolute Gasteiger partial charge is 0.0248 e. The van der Waals surface area contributed by atoms with Crippen LogP contribution >= 0.6 is 0 Å². The molecule has 0 heterocycles. The van der Waals surface area contributed by atoms with E-state index in [-0.39, 0.29) is 5.41 Å². The Morgan fingerprint density at radius 1 is 0.647 bits per heavy atom. The van der Waals surface area contributed by atoms with Gasteiger partial charge in [-0.3, -0.25) is 0 Å². The minimum Gasteiger partial charge on any atom is -0.115 e. The minimum atomic E-state index is 0.0679.